The molecule has 0 aliphatic heterocycles. The van der Waals surface area contributed by atoms with Crippen LogP contribution in [0.2, 0.25) is 0 Å². The van der Waals surface area contributed by atoms with Crippen LogP contribution in [0.15, 0.2) is 0 Å². The van der Waals surface area contributed by atoms with E-state index in [1.165, 1.54) is 0 Å². The summed E-state index contributed by atoms with van der Waals surface area (Å²) in [5.41, 5.74) is 0. The van der Waals surface area contributed by atoms with Gasteiger partial charge >= 0.3 is 7.32 Å². The third-order valence-corrected chi connectivity index (χ3v) is 0. The van der Waals surface area contributed by atoms with E-state index >= 15 is 0 Å². The van der Waals surface area contributed by atoms with Gasteiger partial charge < -0.3 is 19.8 Å². The number of hydrogen-bond acceptors (Lipinski definition) is 6. The fraction of sp³-hybridized carbons (Fsp3) is 1.00. The Labute approximate surface area is 71.5 Å². The zero-order chi connectivity index (χ0) is 10.8. The second-order valence-electron chi connectivity index (χ2n) is 1.49. The molecule has 0 aromatic heterocycles. The molecule has 0 saturated heterocycles. The van der Waals surface area contributed by atoms with Crippen molar-refractivity contribution in [2.45, 2.75) is 0 Å². The summed E-state index contributed by atoms with van der Waals surface area (Å²) in [6.45, 7) is 0. The van der Waals surface area contributed by atoms with Crippen molar-refractivity contribution in [3.8, 4) is 0 Å². The Balaban J connectivity index is -0.000000105. The number of hydrogen-bond donors (Lipinski definition) is 4. The smallest absolute Gasteiger partial charge is 0.402 e. The molecular formula is C3H13BO7S. The molecule has 4 N–H and O–H groups in total. The fourth-order valence-electron chi connectivity index (χ4n) is 0. The first kappa shape index (κ1) is 17.8. The van der Waals surface area contributed by atoms with Gasteiger partial charge in [-0.25, -0.2) is 0 Å². The molecule has 0 saturated carbocycles. The van der Waals surface area contributed by atoms with Crippen LogP contribution in [0.25, 0.3) is 0 Å². The molecule has 0 unspecified atom stereocenters. The monoisotopic (exact) mass is 204 g/mol. The first-order valence-corrected chi connectivity index (χ1v) is 4.36. The maximum Gasteiger partial charge on any atom is 0.631 e. The maximum absolute atomic E-state index is 9.19. The highest BCUT2D eigenvalue weighted by Gasteiger charge is 1.92. The van der Waals surface area contributed by atoms with E-state index in [-0.39, 0.29) is 0 Å². The van der Waals surface area contributed by atoms with Gasteiger partial charge in [-0.15, -0.1) is 0 Å². The zero-order valence-electron chi connectivity index (χ0n) is 7.00. The summed E-state index contributed by atoms with van der Waals surface area (Å²) in [4.78, 5) is 0. The van der Waals surface area contributed by atoms with Crippen LogP contribution >= 0.6 is 0 Å². The highest BCUT2D eigenvalue weighted by Crippen LogP contribution is 1.60. The minimum absolute atomic E-state index is 0.715. The van der Waals surface area contributed by atoms with E-state index in [0.29, 0.717) is 6.26 Å². The summed E-state index contributed by atoms with van der Waals surface area (Å²) < 4.78 is 30.1. The maximum atomic E-state index is 9.19. The molecule has 0 aromatic rings. The van der Waals surface area contributed by atoms with Crippen LogP contribution in [-0.4, -0.2) is 55.8 Å². The van der Waals surface area contributed by atoms with Crippen LogP contribution in [0.5, 0.6) is 0 Å². The fourth-order valence-corrected chi connectivity index (χ4v) is 0. The van der Waals surface area contributed by atoms with Crippen molar-refractivity contribution in [1.82, 2.24) is 0 Å². The summed E-state index contributed by atoms with van der Waals surface area (Å²) in [6, 6.07) is 0. The number of ether oxygens (including phenoxy) is 1. The van der Waals surface area contributed by atoms with Gasteiger partial charge in [-0.3, -0.25) is 4.55 Å². The summed E-state index contributed by atoms with van der Waals surface area (Å²) in [5.74, 6) is 0. The van der Waals surface area contributed by atoms with E-state index < -0.39 is 17.4 Å². The quantitative estimate of drug-likeness (QED) is 0.258. The van der Waals surface area contributed by atoms with Crippen molar-refractivity contribution in [2.75, 3.05) is 20.5 Å². The Morgan fingerprint density at radius 1 is 1.17 bits per heavy atom. The van der Waals surface area contributed by atoms with Gasteiger partial charge in [-0.1, -0.05) is 0 Å². The lowest BCUT2D eigenvalue weighted by atomic mass is 10.3. The van der Waals surface area contributed by atoms with Crippen LogP contribution in [0.3, 0.4) is 0 Å². The molecule has 0 atom stereocenters. The van der Waals surface area contributed by atoms with E-state index in [1.54, 1.807) is 14.2 Å². The van der Waals surface area contributed by atoms with Crippen LogP contribution in [0.1, 0.15) is 0 Å². The molecule has 9 heteroatoms. The standard InChI is InChI=1S/C2H6O.CH4O3S.BH3O3/c1-3-2;1-5(2,3)4;2-1(3)4/h1-2H3;1H3,(H,2,3,4);2-4H. The summed E-state index contributed by atoms with van der Waals surface area (Å²) in [6.07, 6.45) is 0.715. The molecule has 0 rings (SSSR count). The lowest BCUT2D eigenvalue weighted by molar-refractivity contribution is 0.277. The molecule has 12 heavy (non-hydrogen) atoms. The lowest BCUT2D eigenvalue weighted by Gasteiger charge is -1.69. The SMILES string of the molecule is COC.CS(=O)(=O)O.OB(O)O. The molecule has 0 spiro atoms. The molecule has 0 fully saturated rings. The largest absolute Gasteiger partial charge is 0.631 e. The Hall–Kier alpha value is -0.185. The van der Waals surface area contributed by atoms with Gasteiger partial charge in [0.2, 0.25) is 0 Å². The van der Waals surface area contributed by atoms with Gasteiger partial charge in [0.15, 0.2) is 0 Å². The Morgan fingerprint density at radius 3 is 1.17 bits per heavy atom. The predicted octanol–water partition coefficient (Wildman–Crippen LogP) is -2.29. The van der Waals surface area contributed by atoms with E-state index in [1.807, 2.05) is 0 Å². The van der Waals surface area contributed by atoms with Crippen molar-refractivity contribution in [1.29, 1.82) is 0 Å². The van der Waals surface area contributed by atoms with Crippen molar-refractivity contribution in [2.24, 2.45) is 0 Å². The minimum atomic E-state index is -3.67. The third kappa shape index (κ3) is 22300. The minimum Gasteiger partial charge on any atom is -0.402 e. The van der Waals surface area contributed by atoms with Crippen LogP contribution in [0.4, 0.5) is 0 Å². The highest BCUT2D eigenvalue weighted by molar-refractivity contribution is 7.85. The molecule has 0 aliphatic carbocycles. The van der Waals surface area contributed by atoms with Crippen molar-refractivity contribution < 1.29 is 32.8 Å². The highest BCUT2D eigenvalue weighted by atomic mass is 32.2. The Kier molecular flexibility index (Phi) is 16.0. The summed E-state index contributed by atoms with van der Waals surface area (Å²) in [5, 5.41) is 21.5. The molecule has 0 aromatic carbocycles. The Bertz CT molecular complexity index is 141. The first-order chi connectivity index (χ1) is 5.15. The molecule has 76 valence electrons. The van der Waals surface area contributed by atoms with Crippen molar-refractivity contribution in [3.63, 3.8) is 0 Å². The van der Waals surface area contributed by atoms with Crippen LogP contribution in [0, 0.1) is 0 Å². The summed E-state index contributed by atoms with van der Waals surface area (Å²) in [7, 11) is -2.58. The van der Waals surface area contributed by atoms with Crippen LogP contribution in [-0.2, 0) is 14.9 Å². The van der Waals surface area contributed by atoms with E-state index in [9.17, 15) is 8.42 Å². The van der Waals surface area contributed by atoms with Gasteiger partial charge in [0.1, 0.15) is 0 Å². The molecule has 0 heterocycles. The molecular weight excluding hydrogens is 191 g/mol. The Morgan fingerprint density at radius 2 is 1.17 bits per heavy atom. The average Bonchev–Trinajstić information content (AvgIpc) is 1.56. The molecule has 0 aliphatic rings. The lowest BCUT2D eigenvalue weighted by Crippen LogP contribution is -2.07. The second kappa shape index (κ2) is 10.8. The summed E-state index contributed by atoms with van der Waals surface area (Å²) >= 11 is 0. The number of methoxy groups -OCH3 is 1. The van der Waals surface area contributed by atoms with Gasteiger partial charge in [0.05, 0.1) is 6.26 Å². The average molecular weight is 204 g/mol. The van der Waals surface area contributed by atoms with E-state index in [0.717, 1.165) is 0 Å². The topological polar surface area (TPSA) is 124 Å². The molecule has 0 bridgehead atoms. The van der Waals surface area contributed by atoms with Gasteiger partial charge in [0.25, 0.3) is 10.1 Å². The van der Waals surface area contributed by atoms with Gasteiger partial charge in [-0.05, 0) is 0 Å². The first-order valence-electron chi connectivity index (χ1n) is 2.52. The van der Waals surface area contributed by atoms with E-state index in [2.05, 4.69) is 4.74 Å². The van der Waals surface area contributed by atoms with Crippen molar-refractivity contribution in [3.05, 3.63) is 0 Å². The molecule has 0 amide bonds. The zero-order valence-corrected chi connectivity index (χ0v) is 7.82. The second-order valence-corrected chi connectivity index (χ2v) is 2.95. The van der Waals surface area contributed by atoms with E-state index in [4.69, 9.17) is 19.6 Å². The predicted molar refractivity (Wildman–Crippen MR) is 42.8 cm³/mol. The molecule has 7 nitrogen and oxygen atoms in total. The number of rotatable bonds is 0. The van der Waals surface area contributed by atoms with Crippen molar-refractivity contribution >= 4 is 17.4 Å². The van der Waals surface area contributed by atoms with Gasteiger partial charge in [-0.2, -0.15) is 8.42 Å². The molecule has 0 radical (unpaired) electrons. The van der Waals surface area contributed by atoms with Gasteiger partial charge in [0, 0.05) is 14.2 Å². The van der Waals surface area contributed by atoms with Crippen LogP contribution < -0.4 is 0 Å². The normalized spacial score (nSPS) is 8.58. The third-order valence-electron chi connectivity index (χ3n) is 0.